The molecule has 7 nitrogen and oxygen atoms in total. The molecular formula is C22H38N2O5Si. The summed E-state index contributed by atoms with van der Waals surface area (Å²) in [6.45, 7) is 15.6. The van der Waals surface area contributed by atoms with Crippen LogP contribution in [0.1, 0.15) is 53.9 Å². The first-order valence-corrected chi connectivity index (χ1v) is 14.1. The van der Waals surface area contributed by atoms with Crippen molar-refractivity contribution in [3.05, 3.63) is 0 Å². The molecule has 0 bridgehead atoms. The number of ether oxygens (including phenoxy) is 2. The summed E-state index contributed by atoms with van der Waals surface area (Å²) in [4.78, 5) is 39.8. The average molecular weight is 439 g/mol. The third-order valence-electron chi connectivity index (χ3n) is 4.42. The van der Waals surface area contributed by atoms with E-state index in [-0.39, 0.29) is 17.9 Å². The van der Waals surface area contributed by atoms with Gasteiger partial charge in [-0.05, 0) is 46.0 Å². The Hall–Kier alpha value is -2.01. The van der Waals surface area contributed by atoms with Crippen molar-refractivity contribution in [1.82, 2.24) is 10.2 Å². The fourth-order valence-electron chi connectivity index (χ4n) is 3.25. The van der Waals surface area contributed by atoms with Gasteiger partial charge in [0.05, 0.1) is 13.2 Å². The van der Waals surface area contributed by atoms with Crippen molar-refractivity contribution in [2.24, 2.45) is 5.92 Å². The van der Waals surface area contributed by atoms with E-state index in [2.05, 4.69) is 36.4 Å². The minimum Gasteiger partial charge on any atom is -0.467 e. The first kappa shape index (κ1) is 26.0. The number of amides is 2. The molecule has 1 saturated heterocycles. The third kappa shape index (κ3) is 8.39. The number of carbonyl (C=O) groups excluding carboxylic acids is 3. The van der Waals surface area contributed by atoms with Crippen LogP contribution < -0.4 is 5.32 Å². The third-order valence-corrected chi connectivity index (χ3v) is 5.32. The van der Waals surface area contributed by atoms with Crippen molar-refractivity contribution in [3.63, 3.8) is 0 Å². The number of hydrogen-bond donors (Lipinski definition) is 1. The number of alkyl carbamates (subject to hydrolysis) is 1. The average Bonchev–Trinajstić information content (AvgIpc) is 2.99. The Morgan fingerprint density at radius 3 is 2.23 bits per heavy atom. The van der Waals surface area contributed by atoms with Crippen LogP contribution in [0.4, 0.5) is 4.79 Å². The second kappa shape index (κ2) is 10.3. The minimum atomic E-state index is -1.66. The maximum Gasteiger partial charge on any atom is 0.408 e. The second-order valence-electron chi connectivity index (χ2n) is 10.2. The lowest BCUT2D eigenvalue weighted by atomic mass is 10.0. The molecule has 0 radical (unpaired) electrons. The minimum absolute atomic E-state index is 0.152. The highest BCUT2D eigenvalue weighted by Crippen LogP contribution is 2.27. The molecule has 0 aliphatic carbocycles. The highest BCUT2D eigenvalue weighted by atomic mass is 28.3. The van der Waals surface area contributed by atoms with Crippen molar-refractivity contribution in [1.29, 1.82) is 0 Å². The monoisotopic (exact) mass is 438 g/mol. The fourth-order valence-corrected chi connectivity index (χ4v) is 3.85. The lowest BCUT2D eigenvalue weighted by Gasteiger charge is -2.32. The molecule has 0 unspecified atom stereocenters. The summed E-state index contributed by atoms with van der Waals surface area (Å²) in [6.07, 6.45) is 0.866. The van der Waals surface area contributed by atoms with Crippen LogP contribution in [0.3, 0.4) is 0 Å². The summed E-state index contributed by atoms with van der Waals surface area (Å²) in [6, 6.07) is -1.87. The summed E-state index contributed by atoms with van der Waals surface area (Å²) in [7, 11) is -0.342. The van der Waals surface area contributed by atoms with Crippen molar-refractivity contribution in [2.75, 3.05) is 7.11 Å². The Morgan fingerprint density at radius 1 is 1.17 bits per heavy atom. The normalized spacial score (nSPS) is 20.3. The lowest BCUT2D eigenvalue weighted by Crippen LogP contribution is -2.55. The number of methoxy groups -OCH3 is 1. The van der Waals surface area contributed by atoms with Gasteiger partial charge in [0.15, 0.2) is 0 Å². The Bertz CT molecular complexity index is 697. The van der Waals surface area contributed by atoms with Crippen LogP contribution in [-0.2, 0) is 19.1 Å². The SMILES string of the molecule is COC(=O)[C@@H]1CC[C@H](C#C[Si](C)(C)C)N1C(=O)[C@H](CC(C)C)NC(=O)OC(C)(C)C. The summed E-state index contributed by atoms with van der Waals surface area (Å²) >= 11 is 0. The van der Waals surface area contributed by atoms with Crippen LogP contribution in [0.15, 0.2) is 0 Å². The number of hydrogen-bond acceptors (Lipinski definition) is 5. The molecule has 0 spiro atoms. The molecule has 0 aromatic rings. The van der Waals surface area contributed by atoms with Crippen LogP contribution in [0, 0.1) is 17.4 Å². The van der Waals surface area contributed by atoms with Gasteiger partial charge >= 0.3 is 12.1 Å². The van der Waals surface area contributed by atoms with Crippen LogP contribution in [0.25, 0.3) is 0 Å². The maximum absolute atomic E-state index is 13.5. The fraction of sp³-hybridized carbons (Fsp3) is 0.773. The van der Waals surface area contributed by atoms with Crippen molar-refractivity contribution in [2.45, 2.75) is 97.2 Å². The van der Waals surface area contributed by atoms with Gasteiger partial charge in [-0.1, -0.05) is 39.4 Å². The molecule has 3 atom stereocenters. The second-order valence-corrected chi connectivity index (χ2v) is 15.0. The van der Waals surface area contributed by atoms with E-state index in [9.17, 15) is 14.4 Å². The standard InChI is InChI=1S/C22H38N2O5Si/c1-15(2)14-17(23-21(27)29-22(3,4)5)19(25)24-16(12-13-30(7,8)9)10-11-18(24)20(26)28-6/h15-18H,10-11,14H2,1-9H3,(H,23,27)/t16-,17+,18+/m1/s1. The van der Waals surface area contributed by atoms with Crippen LogP contribution in [-0.4, -0.2) is 61.8 Å². The number of nitrogens with zero attached hydrogens (tertiary/aromatic N) is 1. The largest absolute Gasteiger partial charge is 0.467 e. The van der Waals surface area contributed by atoms with Gasteiger partial charge in [-0.2, -0.15) is 0 Å². The zero-order chi connectivity index (χ0) is 23.3. The predicted molar refractivity (Wildman–Crippen MR) is 119 cm³/mol. The number of esters is 1. The highest BCUT2D eigenvalue weighted by molar-refractivity contribution is 6.83. The van der Waals surface area contributed by atoms with E-state index in [0.717, 1.165) is 0 Å². The summed E-state index contributed by atoms with van der Waals surface area (Å²) < 4.78 is 10.3. The molecule has 0 aromatic carbocycles. The zero-order valence-electron chi connectivity index (χ0n) is 19.9. The van der Waals surface area contributed by atoms with Gasteiger partial charge in [0, 0.05) is 0 Å². The Kier molecular flexibility index (Phi) is 8.97. The van der Waals surface area contributed by atoms with E-state index in [0.29, 0.717) is 19.3 Å². The van der Waals surface area contributed by atoms with E-state index >= 15 is 0 Å². The number of carbonyl (C=O) groups is 3. The molecule has 1 aliphatic rings. The van der Waals surface area contributed by atoms with Crippen molar-refractivity contribution >= 4 is 26.0 Å². The van der Waals surface area contributed by atoms with Gasteiger partial charge in [-0.15, -0.1) is 5.54 Å². The Morgan fingerprint density at radius 2 is 1.77 bits per heavy atom. The molecule has 0 aromatic heterocycles. The topological polar surface area (TPSA) is 84.9 Å². The van der Waals surface area contributed by atoms with Crippen LogP contribution in [0.2, 0.25) is 19.6 Å². The van der Waals surface area contributed by atoms with Gasteiger partial charge in [-0.3, -0.25) is 4.79 Å². The maximum atomic E-state index is 13.5. The van der Waals surface area contributed by atoms with Crippen LogP contribution >= 0.6 is 0 Å². The van der Waals surface area contributed by atoms with E-state index in [1.54, 1.807) is 20.8 Å². The Balaban J connectivity index is 3.21. The van der Waals surface area contributed by atoms with Gasteiger partial charge in [0.25, 0.3) is 0 Å². The quantitative estimate of drug-likeness (QED) is 0.404. The van der Waals surface area contributed by atoms with Crippen molar-refractivity contribution in [3.8, 4) is 11.5 Å². The van der Waals surface area contributed by atoms with Gasteiger partial charge in [0.2, 0.25) is 5.91 Å². The molecular weight excluding hydrogens is 400 g/mol. The molecule has 2 amide bonds. The molecule has 1 fully saturated rings. The van der Waals surface area contributed by atoms with Gasteiger partial charge in [-0.25, -0.2) is 9.59 Å². The highest BCUT2D eigenvalue weighted by Gasteiger charge is 2.43. The predicted octanol–water partition coefficient (Wildman–Crippen LogP) is 3.34. The Labute approximate surface area is 182 Å². The molecule has 1 aliphatic heterocycles. The first-order valence-electron chi connectivity index (χ1n) is 10.6. The lowest BCUT2D eigenvalue weighted by molar-refractivity contribution is -0.152. The van der Waals surface area contributed by atoms with Crippen LogP contribution in [0.5, 0.6) is 0 Å². The first-order chi connectivity index (χ1) is 13.6. The van der Waals surface area contributed by atoms with Crippen molar-refractivity contribution < 1.29 is 23.9 Å². The smallest absolute Gasteiger partial charge is 0.408 e. The summed E-state index contributed by atoms with van der Waals surface area (Å²) in [5.74, 6) is 2.60. The van der Waals surface area contributed by atoms with E-state index in [1.807, 2.05) is 13.8 Å². The summed E-state index contributed by atoms with van der Waals surface area (Å²) in [5, 5.41) is 2.71. The molecule has 8 heteroatoms. The van der Waals surface area contributed by atoms with Gasteiger partial charge < -0.3 is 19.7 Å². The number of nitrogens with one attached hydrogen (secondary N) is 1. The zero-order valence-corrected chi connectivity index (χ0v) is 20.9. The molecule has 1 heterocycles. The summed E-state index contributed by atoms with van der Waals surface area (Å²) in [5.41, 5.74) is 2.63. The molecule has 170 valence electrons. The van der Waals surface area contributed by atoms with Gasteiger partial charge in [0.1, 0.15) is 25.8 Å². The van der Waals surface area contributed by atoms with E-state index in [1.165, 1.54) is 12.0 Å². The molecule has 1 rings (SSSR count). The molecule has 30 heavy (non-hydrogen) atoms. The number of likely N-dealkylation sites (tertiary alicyclic amines) is 1. The molecule has 1 N–H and O–H groups in total. The molecule has 0 saturated carbocycles. The van der Waals surface area contributed by atoms with E-state index < -0.39 is 37.8 Å². The number of rotatable bonds is 5. The van der Waals surface area contributed by atoms with E-state index in [4.69, 9.17) is 9.47 Å².